The Morgan fingerprint density at radius 3 is 2.86 bits per heavy atom. The molecule has 1 aliphatic heterocycles. The van der Waals surface area contributed by atoms with Crippen LogP contribution in [0.4, 0.5) is 10.6 Å². The van der Waals surface area contributed by atoms with Crippen LogP contribution in [-0.2, 0) is 9.84 Å². The molecule has 1 saturated heterocycles. The summed E-state index contributed by atoms with van der Waals surface area (Å²) in [5, 5.41) is 8.54. The number of rotatable bonds is 6. The third-order valence-corrected chi connectivity index (χ3v) is 4.95. The fourth-order valence-electron chi connectivity index (χ4n) is 2.12. The van der Waals surface area contributed by atoms with E-state index in [4.69, 9.17) is 0 Å². The van der Waals surface area contributed by atoms with Crippen LogP contribution in [0.5, 0.6) is 0 Å². The molecule has 21 heavy (non-hydrogen) atoms. The molecule has 3 N–H and O–H groups in total. The van der Waals surface area contributed by atoms with Crippen molar-refractivity contribution < 1.29 is 13.2 Å². The van der Waals surface area contributed by atoms with Gasteiger partial charge in [0.2, 0.25) is 0 Å². The van der Waals surface area contributed by atoms with Gasteiger partial charge in [0.25, 0.3) is 0 Å². The molecular formula is C13H20N4O3S. The molecule has 2 heterocycles. The number of carbonyl (C=O) groups excluding carboxylic acids is 1. The van der Waals surface area contributed by atoms with E-state index < -0.39 is 9.84 Å². The summed E-state index contributed by atoms with van der Waals surface area (Å²) in [6, 6.07) is 5.05. The number of pyridine rings is 1. The molecule has 116 valence electrons. The quantitative estimate of drug-likeness (QED) is 0.659. The Kier molecular flexibility index (Phi) is 5.38. The van der Waals surface area contributed by atoms with Crippen molar-refractivity contribution in [2.45, 2.75) is 18.9 Å². The predicted octanol–water partition coefficient (Wildman–Crippen LogP) is 0.370. The zero-order valence-corrected chi connectivity index (χ0v) is 12.5. The third-order valence-electron chi connectivity index (χ3n) is 3.18. The largest absolute Gasteiger partial charge is 0.370 e. The van der Waals surface area contributed by atoms with Crippen LogP contribution in [0.1, 0.15) is 12.8 Å². The zero-order chi connectivity index (χ0) is 15.1. The molecule has 8 heteroatoms. The zero-order valence-electron chi connectivity index (χ0n) is 11.7. The molecule has 1 fully saturated rings. The number of nitrogens with zero attached hydrogens (tertiary/aromatic N) is 1. The number of aromatic nitrogens is 1. The summed E-state index contributed by atoms with van der Waals surface area (Å²) >= 11 is 0. The Hall–Kier alpha value is -1.83. The number of carbonyl (C=O) groups is 1. The molecule has 1 unspecified atom stereocenters. The van der Waals surface area contributed by atoms with Gasteiger partial charge in [0.05, 0.1) is 11.5 Å². The van der Waals surface area contributed by atoms with Crippen LogP contribution in [0.3, 0.4) is 0 Å². The Morgan fingerprint density at radius 2 is 2.19 bits per heavy atom. The SMILES string of the molecule is O=C(NCCCNc1ccccn1)NC1CCS(=O)(=O)C1. The maximum atomic E-state index is 11.6. The van der Waals surface area contributed by atoms with Gasteiger partial charge in [0, 0.05) is 25.3 Å². The second kappa shape index (κ2) is 7.26. The molecule has 0 spiro atoms. The molecule has 0 radical (unpaired) electrons. The van der Waals surface area contributed by atoms with Gasteiger partial charge in [0.15, 0.2) is 9.84 Å². The summed E-state index contributed by atoms with van der Waals surface area (Å²) in [6.07, 6.45) is 2.97. The minimum Gasteiger partial charge on any atom is -0.370 e. The van der Waals surface area contributed by atoms with Gasteiger partial charge < -0.3 is 16.0 Å². The van der Waals surface area contributed by atoms with Crippen LogP contribution in [-0.4, -0.2) is 50.1 Å². The molecule has 1 atom stereocenters. The molecule has 7 nitrogen and oxygen atoms in total. The fraction of sp³-hybridized carbons (Fsp3) is 0.538. The Balaban J connectivity index is 1.55. The lowest BCUT2D eigenvalue weighted by molar-refractivity contribution is 0.238. The number of hydrogen-bond acceptors (Lipinski definition) is 5. The van der Waals surface area contributed by atoms with Crippen LogP contribution in [0.2, 0.25) is 0 Å². The van der Waals surface area contributed by atoms with Crippen LogP contribution < -0.4 is 16.0 Å². The fourth-order valence-corrected chi connectivity index (χ4v) is 3.79. The maximum absolute atomic E-state index is 11.6. The monoisotopic (exact) mass is 312 g/mol. The molecule has 0 aromatic carbocycles. The molecule has 0 saturated carbocycles. The van der Waals surface area contributed by atoms with E-state index in [0.29, 0.717) is 19.5 Å². The van der Waals surface area contributed by atoms with Gasteiger partial charge in [-0.15, -0.1) is 0 Å². The summed E-state index contributed by atoms with van der Waals surface area (Å²) < 4.78 is 22.5. The Labute approximate surface area is 124 Å². The highest BCUT2D eigenvalue weighted by Crippen LogP contribution is 2.10. The van der Waals surface area contributed by atoms with Gasteiger partial charge in [-0.1, -0.05) is 6.07 Å². The van der Waals surface area contributed by atoms with E-state index in [-0.39, 0.29) is 23.6 Å². The van der Waals surface area contributed by atoms with Crippen molar-refractivity contribution in [3.8, 4) is 0 Å². The number of amides is 2. The Morgan fingerprint density at radius 1 is 1.33 bits per heavy atom. The average Bonchev–Trinajstić information content (AvgIpc) is 2.78. The van der Waals surface area contributed by atoms with E-state index in [2.05, 4.69) is 20.9 Å². The van der Waals surface area contributed by atoms with E-state index in [1.165, 1.54) is 0 Å². The molecule has 2 rings (SSSR count). The first kappa shape index (κ1) is 15.6. The molecule has 1 aromatic rings. The van der Waals surface area contributed by atoms with E-state index in [1.807, 2.05) is 18.2 Å². The summed E-state index contributed by atoms with van der Waals surface area (Å²) in [5.74, 6) is 1.01. The van der Waals surface area contributed by atoms with Crippen molar-refractivity contribution in [3.05, 3.63) is 24.4 Å². The molecule has 1 aliphatic rings. The predicted molar refractivity (Wildman–Crippen MR) is 80.9 cm³/mol. The highest BCUT2D eigenvalue weighted by atomic mass is 32.2. The van der Waals surface area contributed by atoms with Crippen molar-refractivity contribution in [1.29, 1.82) is 0 Å². The van der Waals surface area contributed by atoms with Gasteiger partial charge in [0.1, 0.15) is 5.82 Å². The number of nitrogens with one attached hydrogen (secondary N) is 3. The first-order valence-electron chi connectivity index (χ1n) is 6.95. The van der Waals surface area contributed by atoms with Gasteiger partial charge >= 0.3 is 6.03 Å². The van der Waals surface area contributed by atoms with Crippen molar-refractivity contribution >= 4 is 21.7 Å². The second-order valence-corrected chi connectivity index (χ2v) is 7.22. The van der Waals surface area contributed by atoms with Gasteiger partial charge in [-0.2, -0.15) is 0 Å². The van der Waals surface area contributed by atoms with Gasteiger partial charge in [-0.3, -0.25) is 0 Å². The number of hydrogen-bond donors (Lipinski definition) is 3. The maximum Gasteiger partial charge on any atom is 0.315 e. The van der Waals surface area contributed by atoms with Crippen LogP contribution in [0.15, 0.2) is 24.4 Å². The highest BCUT2D eigenvalue weighted by Gasteiger charge is 2.28. The number of anilines is 1. The standard InChI is InChI=1S/C13H20N4O3S/c18-13(17-11-5-9-21(19,20)10-11)16-8-3-7-15-12-4-1-2-6-14-12/h1-2,4,6,11H,3,5,7-10H2,(H,14,15)(H2,16,17,18). The normalized spacial score (nSPS) is 19.9. The van der Waals surface area contributed by atoms with E-state index in [1.54, 1.807) is 6.20 Å². The first-order chi connectivity index (χ1) is 10.1. The van der Waals surface area contributed by atoms with E-state index in [0.717, 1.165) is 12.2 Å². The van der Waals surface area contributed by atoms with Crippen LogP contribution in [0, 0.1) is 0 Å². The van der Waals surface area contributed by atoms with Crippen LogP contribution >= 0.6 is 0 Å². The topological polar surface area (TPSA) is 100 Å². The Bertz CT molecular complexity index is 562. The van der Waals surface area contributed by atoms with E-state index in [9.17, 15) is 13.2 Å². The lowest BCUT2D eigenvalue weighted by Gasteiger charge is -2.12. The minimum absolute atomic E-state index is 0.0433. The lowest BCUT2D eigenvalue weighted by atomic mass is 10.3. The average molecular weight is 312 g/mol. The van der Waals surface area contributed by atoms with Crippen molar-refractivity contribution in [3.63, 3.8) is 0 Å². The van der Waals surface area contributed by atoms with Crippen LogP contribution in [0.25, 0.3) is 0 Å². The highest BCUT2D eigenvalue weighted by molar-refractivity contribution is 7.91. The molecule has 1 aromatic heterocycles. The summed E-state index contributed by atoms with van der Waals surface area (Å²) in [4.78, 5) is 15.7. The lowest BCUT2D eigenvalue weighted by Crippen LogP contribution is -2.43. The summed E-state index contributed by atoms with van der Waals surface area (Å²) in [7, 11) is -2.96. The first-order valence-corrected chi connectivity index (χ1v) is 8.77. The number of sulfone groups is 1. The smallest absolute Gasteiger partial charge is 0.315 e. The molecular weight excluding hydrogens is 292 g/mol. The third kappa shape index (κ3) is 5.58. The molecule has 0 aliphatic carbocycles. The van der Waals surface area contributed by atoms with Crippen molar-refractivity contribution in [2.24, 2.45) is 0 Å². The minimum atomic E-state index is -2.96. The summed E-state index contributed by atoms with van der Waals surface area (Å²) in [5.41, 5.74) is 0. The van der Waals surface area contributed by atoms with Crippen molar-refractivity contribution in [1.82, 2.24) is 15.6 Å². The van der Waals surface area contributed by atoms with Gasteiger partial charge in [-0.05, 0) is 25.0 Å². The van der Waals surface area contributed by atoms with Gasteiger partial charge in [-0.25, -0.2) is 18.2 Å². The van der Waals surface area contributed by atoms with E-state index >= 15 is 0 Å². The second-order valence-electron chi connectivity index (χ2n) is 5.00. The molecule has 0 bridgehead atoms. The molecule has 2 amide bonds. The number of urea groups is 1. The summed E-state index contributed by atoms with van der Waals surface area (Å²) in [6.45, 7) is 1.22. The van der Waals surface area contributed by atoms with Crippen molar-refractivity contribution in [2.75, 3.05) is 29.9 Å².